The standard InChI is InChI=1S/C12H13BrO/c13-12-4-2-1-3-10(12)7-11(8-14)9-5-6-9/h1-4,8-9,11H,5-7H2. The second-order valence-corrected chi connectivity index (χ2v) is 4.79. The van der Waals surface area contributed by atoms with Crippen LogP contribution in [0.2, 0.25) is 0 Å². The predicted molar refractivity (Wildman–Crippen MR) is 60.1 cm³/mol. The molecule has 1 unspecified atom stereocenters. The van der Waals surface area contributed by atoms with E-state index in [-0.39, 0.29) is 5.92 Å². The summed E-state index contributed by atoms with van der Waals surface area (Å²) >= 11 is 3.51. The Kier molecular flexibility index (Phi) is 3.02. The third-order valence-corrected chi connectivity index (χ3v) is 3.59. The number of hydrogen-bond acceptors (Lipinski definition) is 1. The molecule has 1 aromatic rings. The Labute approximate surface area is 92.6 Å². The van der Waals surface area contributed by atoms with Gasteiger partial charge in [-0.15, -0.1) is 0 Å². The third kappa shape index (κ3) is 2.24. The minimum atomic E-state index is 0.230. The van der Waals surface area contributed by atoms with Gasteiger partial charge in [0.15, 0.2) is 0 Å². The molecule has 0 saturated heterocycles. The first-order chi connectivity index (χ1) is 6.81. The molecule has 74 valence electrons. The quantitative estimate of drug-likeness (QED) is 0.753. The van der Waals surface area contributed by atoms with Gasteiger partial charge in [-0.2, -0.15) is 0 Å². The van der Waals surface area contributed by atoms with Crippen LogP contribution in [0, 0.1) is 11.8 Å². The number of carbonyl (C=O) groups is 1. The first kappa shape index (κ1) is 9.91. The van der Waals surface area contributed by atoms with Crippen LogP contribution in [0.3, 0.4) is 0 Å². The first-order valence-electron chi connectivity index (χ1n) is 5.00. The number of rotatable bonds is 4. The van der Waals surface area contributed by atoms with Crippen molar-refractivity contribution in [2.45, 2.75) is 19.3 Å². The molecule has 1 nitrogen and oxygen atoms in total. The van der Waals surface area contributed by atoms with Gasteiger partial charge < -0.3 is 4.79 Å². The van der Waals surface area contributed by atoms with Crippen LogP contribution in [0.15, 0.2) is 28.7 Å². The van der Waals surface area contributed by atoms with Crippen molar-refractivity contribution < 1.29 is 4.79 Å². The Morgan fingerprint density at radius 2 is 2.14 bits per heavy atom. The smallest absolute Gasteiger partial charge is 0.123 e. The molecule has 0 N–H and O–H groups in total. The van der Waals surface area contributed by atoms with E-state index < -0.39 is 0 Å². The maximum Gasteiger partial charge on any atom is 0.123 e. The first-order valence-corrected chi connectivity index (χ1v) is 5.79. The molecule has 0 aliphatic heterocycles. The van der Waals surface area contributed by atoms with Crippen LogP contribution in [0.25, 0.3) is 0 Å². The SMILES string of the molecule is O=CC(Cc1ccccc1Br)C1CC1. The number of aldehydes is 1. The van der Waals surface area contributed by atoms with Gasteiger partial charge in [0.05, 0.1) is 0 Å². The summed E-state index contributed by atoms with van der Waals surface area (Å²) < 4.78 is 1.12. The van der Waals surface area contributed by atoms with Crippen LogP contribution in [-0.2, 0) is 11.2 Å². The van der Waals surface area contributed by atoms with E-state index in [9.17, 15) is 4.79 Å². The third-order valence-electron chi connectivity index (χ3n) is 2.82. The highest BCUT2D eigenvalue weighted by molar-refractivity contribution is 9.10. The fourth-order valence-electron chi connectivity index (χ4n) is 1.77. The van der Waals surface area contributed by atoms with E-state index in [0.29, 0.717) is 5.92 Å². The van der Waals surface area contributed by atoms with Gasteiger partial charge in [-0.3, -0.25) is 0 Å². The largest absolute Gasteiger partial charge is 0.303 e. The second-order valence-electron chi connectivity index (χ2n) is 3.93. The summed E-state index contributed by atoms with van der Waals surface area (Å²) in [5.74, 6) is 0.883. The molecular formula is C12H13BrO. The van der Waals surface area contributed by atoms with Crippen molar-refractivity contribution in [2.24, 2.45) is 11.8 Å². The second kappa shape index (κ2) is 4.26. The summed E-state index contributed by atoms with van der Waals surface area (Å²) in [4.78, 5) is 10.9. The van der Waals surface area contributed by atoms with Crippen LogP contribution >= 0.6 is 15.9 Å². The van der Waals surface area contributed by atoms with E-state index in [2.05, 4.69) is 22.0 Å². The van der Waals surface area contributed by atoms with Gasteiger partial charge in [0.2, 0.25) is 0 Å². The average Bonchev–Trinajstić information content (AvgIpc) is 3.00. The molecule has 0 heterocycles. The Morgan fingerprint density at radius 3 is 2.71 bits per heavy atom. The van der Waals surface area contributed by atoms with Crippen molar-refractivity contribution in [3.63, 3.8) is 0 Å². The summed E-state index contributed by atoms with van der Waals surface area (Å²) in [6.07, 6.45) is 4.47. The van der Waals surface area contributed by atoms with Crippen LogP contribution in [0.5, 0.6) is 0 Å². The number of hydrogen-bond donors (Lipinski definition) is 0. The van der Waals surface area contributed by atoms with Gasteiger partial charge in [0, 0.05) is 10.4 Å². The molecular weight excluding hydrogens is 240 g/mol. The lowest BCUT2D eigenvalue weighted by molar-refractivity contribution is -0.111. The molecule has 0 radical (unpaired) electrons. The highest BCUT2D eigenvalue weighted by Gasteiger charge is 2.31. The van der Waals surface area contributed by atoms with Crippen LogP contribution in [0.1, 0.15) is 18.4 Å². The fraction of sp³-hybridized carbons (Fsp3) is 0.417. The normalized spacial score (nSPS) is 17.8. The Hall–Kier alpha value is -0.630. The predicted octanol–water partition coefficient (Wildman–Crippen LogP) is 3.22. The number of benzene rings is 1. The van der Waals surface area contributed by atoms with Crippen molar-refractivity contribution in [3.05, 3.63) is 34.3 Å². The van der Waals surface area contributed by atoms with Crippen molar-refractivity contribution in [1.82, 2.24) is 0 Å². The maximum absolute atomic E-state index is 10.9. The van der Waals surface area contributed by atoms with Gasteiger partial charge in [0.25, 0.3) is 0 Å². The highest BCUT2D eigenvalue weighted by atomic mass is 79.9. The van der Waals surface area contributed by atoms with Gasteiger partial charge in [0.1, 0.15) is 6.29 Å². The average molecular weight is 253 g/mol. The van der Waals surface area contributed by atoms with E-state index in [1.807, 2.05) is 18.2 Å². The molecule has 0 spiro atoms. The zero-order valence-electron chi connectivity index (χ0n) is 7.95. The summed E-state index contributed by atoms with van der Waals surface area (Å²) in [6, 6.07) is 8.14. The zero-order chi connectivity index (χ0) is 9.97. The molecule has 2 heteroatoms. The summed E-state index contributed by atoms with van der Waals surface area (Å²) in [5.41, 5.74) is 1.25. The van der Waals surface area contributed by atoms with E-state index >= 15 is 0 Å². The topological polar surface area (TPSA) is 17.1 Å². The molecule has 1 aromatic carbocycles. The molecule has 1 atom stereocenters. The minimum absolute atomic E-state index is 0.230. The number of carbonyl (C=O) groups excluding carboxylic acids is 1. The van der Waals surface area contributed by atoms with Crippen LogP contribution in [-0.4, -0.2) is 6.29 Å². The summed E-state index contributed by atoms with van der Waals surface area (Å²) in [5, 5.41) is 0. The monoisotopic (exact) mass is 252 g/mol. The number of halogens is 1. The van der Waals surface area contributed by atoms with E-state index in [0.717, 1.165) is 17.2 Å². The lowest BCUT2D eigenvalue weighted by atomic mass is 9.96. The highest BCUT2D eigenvalue weighted by Crippen LogP contribution is 2.38. The molecule has 0 amide bonds. The summed E-state index contributed by atoms with van der Waals surface area (Å²) in [7, 11) is 0. The van der Waals surface area contributed by atoms with E-state index in [4.69, 9.17) is 0 Å². The lowest BCUT2D eigenvalue weighted by Crippen LogP contribution is -2.08. The Morgan fingerprint density at radius 1 is 1.43 bits per heavy atom. The molecule has 2 rings (SSSR count). The van der Waals surface area contributed by atoms with Gasteiger partial charge in [-0.1, -0.05) is 34.1 Å². The van der Waals surface area contributed by atoms with Crippen LogP contribution in [0.4, 0.5) is 0 Å². The van der Waals surface area contributed by atoms with Crippen molar-refractivity contribution in [1.29, 1.82) is 0 Å². The van der Waals surface area contributed by atoms with Crippen molar-refractivity contribution in [3.8, 4) is 0 Å². The van der Waals surface area contributed by atoms with Crippen molar-refractivity contribution >= 4 is 22.2 Å². The van der Waals surface area contributed by atoms with Gasteiger partial charge in [-0.05, 0) is 36.8 Å². The van der Waals surface area contributed by atoms with E-state index in [1.54, 1.807) is 0 Å². The Balaban J connectivity index is 2.08. The molecule has 1 saturated carbocycles. The van der Waals surface area contributed by atoms with Crippen LogP contribution < -0.4 is 0 Å². The van der Waals surface area contributed by atoms with Crippen molar-refractivity contribution in [2.75, 3.05) is 0 Å². The maximum atomic E-state index is 10.9. The van der Waals surface area contributed by atoms with Gasteiger partial charge in [-0.25, -0.2) is 0 Å². The minimum Gasteiger partial charge on any atom is -0.303 e. The molecule has 1 aliphatic rings. The summed E-state index contributed by atoms with van der Waals surface area (Å²) in [6.45, 7) is 0. The Bertz CT molecular complexity index is 331. The van der Waals surface area contributed by atoms with E-state index in [1.165, 1.54) is 18.4 Å². The molecule has 0 aromatic heterocycles. The van der Waals surface area contributed by atoms with Gasteiger partial charge >= 0.3 is 0 Å². The molecule has 1 aliphatic carbocycles. The zero-order valence-corrected chi connectivity index (χ0v) is 9.53. The lowest BCUT2D eigenvalue weighted by Gasteiger charge is -2.09. The molecule has 14 heavy (non-hydrogen) atoms. The molecule has 1 fully saturated rings. The fourth-order valence-corrected chi connectivity index (χ4v) is 2.21. The molecule has 0 bridgehead atoms.